The van der Waals surface area contributed by atoms with Gasteiger partial charge in [0.15, 0.2) is 0 Å². The largest absolute Gasteiger partial charge is 0.733 e. The first-order valence-corrected chi connectivity index (χ1v) is 9.99. The Balaban J connectivity index is 1.43. The lowest BCUT2D eigenvalue weighted by Crippen LogP contribution is -2.60. The number of nitrogens with one attached hydrogen (secondary N) is 1. The summed E-state index contributed by atoms with van der Waals surface area (Å²) in [7, 11) is 0. The standard InChI is InChI=1S/C21H17ClN5O4/c22-16-6-5-13(27(30)31)7-12(16)9-23-26-11-20(28)25-10-18-15(8-19(25)21(26)29)14-3-1-2-4-17(14)24-18/h1-7,9,19,24,30H,8,10-11H2/q-1/b23-9+/t19-/m1/s1. The van der Waals surface area contributed by atoms with Crippen molar-refractivity contribution in [3.05, 3.63) is 69.5 Å². The minimum atomic E-state index is -0.638. The van der Waals surface area contributed by atoms with E-state index >= 15 is 0 Å². The van der Waals surface area contributed by atoms with Crippen LogP contribution in [0.1, 0.15) is 16.8 Å². The van der Waals surface area contributed by atoms with Crippen LogP contribution in [0.2, 0.25) is 5.02 Å². The van der Waals surface area contributed by atoms with Gasteiger partial charge in [-0.05, 0) is 29.8 Å². The van der Waals surface area contributed by atoms with Gasteiger partial charge < -0.3 is 20.3 Å². The zero-order valence-corrected chi connectivity index (χ0v) is 16.9. The number of hydrogen-bond acceptors (Lipinski definition) is 6. The molecule has 9 nitrogen and oxygen atoms in total. The van der Waals surface area contributed by atoms with Gasteiger partial charge in [0.1, 0.15) is 12.6 Å². The molecule has 0 radical (unpaired) electrons. The number of amides is 2. The second-order valence-electron chi connectivity index (χ2n) is 7.49. The summed E-state index contributed by atoms with van der Waals surface area (Å²) in [6.45, 7) is 0.160. The van der Waals surface area contributed by atoms with Crippen molar-refractivity contribution >= 4 is 46.2 Å². The average Bonchev–Trinajstić information content (AvgIpc) is 3.12. The van der Waals surface area contributed by atoms with E-state index in [1.165, 1.54) is 24.4 Å². The number of halogens is 1. The maximum atomic E-state index is 13.1. The number of aromatic amines is 1. The average molecular weight is 439 g/mol. The van der Waals surface area contributed by atoms with E-state index in [9.17, 15) is 14.8 Å². The number of para-hydroxylation sites is 1. The summed E-state index contributed by atoms with van der Waals surface area (Å²) in [6, 6.07) is 11.3. The summed E-state index contributed by atoms with van der Waals surface area (Å²) >= 11 is 6.12. The highest BCUT2D eigenvalue weighted by molar-refractivity contribution is 6.33. The van der Waals surface area contributed by atoms with E-state index in [1.54, 1.807) is 4.90 Å². The molecule has 10 heteroatoms. The Bertz CT molecular complexity index is 1240. The van der Waals surface area contributed by atoms with Crippen molar-refractivity contribution in [1.82, 2.24) is 14.9 Å². The maximum Gasteiger partial charge on any atom is 0.266 e. The molecule has 2 aliphatic rings. The smallest absolute Gasteiger partial charge is 0.266 e. The van der Waals surface area contributed by atoms with E-state index < -0.39 is 6.04 Å². The molecule has 1 atom stereocenters. The Labute approximate surface area is 181 Å². The molecule has 2 amide bonds. The fraction of sp³-hybridized carbons (Fsp3) is 0.190. The third-order valence-electron chi connectivity index (χ3n) is 5.69. The number of carbonyl (C=O) groups excluding carboxylic acids is 2. The number of hydrogen-bond donors (Lipinski definition) is 2. The van der Waals surface area contributed by atoms with E-state index in [-0.39, 0.29) is 34.3 Å². The molecule has 0 bridgehead atoms. The lowest BCUT2D eigenvalue weighted by molar-refractivity contribution is -0.157. The molecule has 0 unspecified atom stereocenters. The lowest BCUT2D eigenvalue weighted by atomic mass is 9.94. The lowest BCUT2D eigenvalue weighted by Gasteiger charge is -2.40. The van der Waals surface area contributed by atoms with Crippen molar-refractivity contribution in [2.24, 2.45) is 5.10 Å². The molecule has 5 rings (SSSR count). The van der Waals surface area contributed by atoms with E-state index in [0.29, 0.717) is 18.5 Å². The topological polar surface area (TPSA) is 115 Å². The molecule has 2 N–H and O–H groups in total. The number of hydrazone groups is 1. The second-order valence-corrected chi connectivity index (χ2v) is 7.90. The third kappa shape index (κ3) is 3.32. The summed E-state index contributed by atoms with van der Waals surface area (Å²) < 4.78 is 0. The van der Waals surface area contributed by atoms with Crippen molar-refractivity contribution < 1.29 is 14.8 Å². The highest BCUT2D eigenvalue weighted by atomic mass is 35.5. The summed E-state index contributed by atoms with van der Waals surface area (Å²) in [6.07, 6.45) is 1.71. The van der Waals surface area contributed by atoms with Gasteiger partial charge in [0.25, 0.3) is 5.91 Å². The van der Waals surface area contributed by atoms with Gasteiger partial charge in [0, 0.05) is 33.6 Å². The quantitative estimate of drug-likeness (QED) is 0.481. The molecule has 3 heterocycles. The van der Waals surface area contributed by atoms with E-state index in [4.69, 9.17) is 16.8 Å². The number of carbonyl (C=O) groups is 2. The normalized spacial score (nSPS) is 18.6. The van der Waals surface area contributed by atoms with E-state index in [0.717, 1.165) is 27.2 Å². The molecule has 31 heavy (non-hydrogen) atoms. The van der Waals surface area contributed by atoms with Crippen molar-refractivity contribution in [3.63, 3.8) is 0 Å². The van der Waals surface area contributed by atoms with Crippen molar-refractivity contribution in [2.75, 3.05) is 11.8 Å². The molecule has 2 aliphatic heterocycles. The Morgan fingerprint density at radius 1 is 1.23 bits per heavy atom. The number of nitrogens with zero attached hydrogens (tertiary/aromatic N) is 4. The zero-order chi connectivity index (χ0) is 21.7. The van der Waals surface area contributed by atoms with Gasteiger partial charge >= 0.3 is 0 Å². The number of fused-ring (bicyclic) bond motifs is 4. The highest BCUT2D eigenvalue weighted by Gasteiger charge is 2.43. The van der Waals surface area contributed by atoms with Crippen LogP contribution in [0.3, 0.4) is 0 Å². The van der Waals surface area contributed by atoms with Gasteiger partial charge in [0.05, 0.1) is 18.4 Å². The van der Waals surface area contributed by atoms with Gasteiger partial charge in [-0.1, -0.05) is 29.8 Å². The first kappa shape index (κ1) is 19.6. The predicted molar refractivity (Wildman–Crippen MR) is 115 cm³/mol. The number of rotatable bonds is 3. The molecule has 0 saturated carbocycles. The van der Waals surface area contributed by atoms with E-state index in [1.807, 2.05) is 24.3 Å². The summed E-state index contributed by atoms with van der Waals surface area (Å²) in [4.78, 5) is 30.8. The van der Waals surface area contributed by atoms with Crippen molar-refractivity contribution in [1.29, 1.82) is 0 Å². The molecule has 158 valence electrons. The van der Waals surface area contributed by atoms with Crippen LogP contribution in [-0.2, 0) is 22.6 Å². The third-order valence-corrected chi connectivity index (χ3v) is 6.03. The molecule has 1 saturated heterocycles. The number of H-pyrrole nitrogens is 1. The minimum Gasteiger partial charge on any atom is -0.733 e. The zero-order valence-electron chi connectivity index (χ0n) is 16.2. The molecule has 1 aromatic heterocycles. The van der Waals surface area contributed by atoms with Crippen LogP contribution in [-0.4, -0.2) is 50.7 Å². The molecule has 0 aliphatic carbocycles. The fourth-order valence-corrected chi connectivity index (χ4v) is 4.30. The molecule has 3 aromatic rings. The van der Waals surface area contributed by atoms with Gasteiger partial charge in [-0.2, -0.15) is 5.10 Å². The summed E-state index contributed by atoms with van der Waals surface area (Å²) in [5.74, 6) is -0.487. The van der Waals surface area contributed by atoms with E-state index in [2.05, 4.69) is 10.1 Å². The number of aromatic nitrogens is 1. The maximum absolute atomic E-state index is 13.1. The molecular formula is C21H17ClN5O4-. The van der Waals surface area contributed by atoms with Crippen LogP contribution < -0.4 is 5.23 Å². The van der Waals surface area contributed by atoms with Crippen LogP contribution in [0.25, 0.3) is 10.9 Å². The van der Waals surface area contributed by atoms with Crippen LogP contribution >= 0.6 is 11.6 Å². The molecule has 0 spiro atoms. The Hall–Kier alpha value is -3.40. The van der Waals surface area contributed by atoms with Gasteiger partial charge in [-0.3, -0.25) is 14.8 Å². The number of piperazine rings is 1. The van der Waals surface area contributed by atoms with Gasteiger partial charge in [-0.25, -0.2) is 5.01 Å². The van der Waals surface area contributed by atoms with Gasteiger partial charge in [0.2, 0.25) is 5.91 Å². The van der Waals surface area contributed by atoms with Crippen molar-refractivity contribution in [2.45, 2.75) is 19.0 Å². The predicted octanol–water partition coefficient (Wildman–Crippen LogP) is 2.64. The molecule has 2 aromatic carbocycles. The summed E-state index contributed by atoms with van der Waals surface area (Å²) in [5.41, 5.74) is 3.27. The Morgan fingerprint density at radius 3 is 2.84 bits per heavy atom. The molecule has 1 fully saturated rings. The first-order chi connectivity index (χ1) is 14.9. The summed E-state index contributed by atoms with van der Waals surface area (Å²) in [5, 5.41) is 26.5. The Kier molecular flexibility index (Phi) is 4.66. The Morgan fingerprint density at radius 2 is 2.03 bits per heavy atom. The molecular weight excluding hydrogens is 422 g/mol. The monoisotopic (exact) mass is 438 g/mol. The second kappa shape index (κ2) is 7.38. The highest BCUT2D eigenvalue weighted by Crippen LogP contribution is 2.32. The van der Waals surface area contributed by atoms with Crippen LogP contribution in [0.4, 0.5) is 5.69 Å². The van der Waals surface area contributed by atoms with Crippen LogP contribution in [0.15, 0.2) is 47.6 Å². The number of anilines is 1. The van der Waals surface area contributed by atoms with Crippen LogP contribution in [0.5, 0.6) is 0 Å². The van der Waals surface area contributed by atoms with Gasteiger partial charge in [-0.15, -0.1) is 0 Å². The fourth-order valence-electron chi connectivity index (χ4n) is 4.14. The SMILES string of the molecule is O=C1[C@H]2Cc3c([nH]c4ccccc34)CN2C(=O)CN1/N=C/c1cc(N([O-])O)ccc1Cl. The number of benzene rings is 2. The minimum absolute atomic E-state index is 0.0304. The first-order valence-electron chi connectivity index (χ1n) is 9.61. The van der Waals surface area contributed by atoms with Crippen LogP contribution in [0, 0.1) is 5.21 Å². The van der Waals surface area contributed by atoms with Crippen molar-refractivity contribution in [3.8, 4) is 0 Å².